The van der Waals surface area contributed by atoms with Gasteiger partial charge in [0.15, 0.2) is 0 Å². The molecule has 15 heavy (non-hydrogen) atoms. The summed E-state index contributed by atoms with van der Waals surface area (Å²) in [6.07, 6.45) is 13.4. The molecule has 1 saturated carbocycles. The average molecular weight is 207 g/mol. The Hall–Kier alpha value is -0.520. The van der Waals surface area contributed by atoms with Crippen LogP contribution >= 0.6 is 0 Å². The molecule has 0 unspecified atom stereocenters. The van der Waals surface area contributed by atoms with Crippen LogP contribution in [0.2, 0.25) is 0 Å². The predicted octanol–water partition coefficient (Wildman–Crippen LogP) is 1.95. The molecule has 1 aliphatic carbocycles. The van der Waals surface area contributed by atoms with Crippen LogP contribution in [0.4, 0.5) is 0 Å². The standard InChI is InChI=1S/C13H21NO/c1-2-11-15-12-3-5-13(6-4-12)7-9-14-10-8-13/h1,12,14H,3-11H2. The molecule has 1 saturated heterocycles. The molecule has 1 heterocycles. The second-order valence-electron chi connectivity index (χ2n) is 4.96. The van der Waals surface area contributed by atoms with E-state index < -0.39 is 0 Å². The van der Waals surface area contributed by atoms with Gasteiger partial charge in [0.05, 0.1) is 6.10 Å². The van der Waals surface area contributed by atoms with E-state index in [4.69, 9.17) is 11.2 Å². The maximum absolute atomic E-state index is 5.61. The Morgan fingerprint density at radius 3 is 2.47 bits per heavy atom. The van der Waals surface area contributed by atoms with E-state index in [0.29, 0.717) is 18.1 Å². The van der Waals surface area contributed by atoms with E-state index in [9.17, 15) is 0 Å². The van der Waals surface area contributed by atoms with Crippen molar-refractivity contribution in [3.8, 4) is 12.3 Å². The Morgan fingerprint density at radius 1 is 1.20 bits per heavy atom. The van der Waals surface area contributed by atoms with Gasteiger partial charge in [-0.2, -0.15) is 0 Å². The maximum atomic E-state index is 5.61. The summed E-state index contributed by atoms with van der Waals surface area (Å²) in [5, 5.41) is 3.44. The monoisotopic (exact) mass is 207 g/mol. The van der Waals surface area contributed by atoms with Crippen molar-refractivity contribution in [2.75, 3.05) is 19.7 Å². The van der Waals surface area contributed by atoms with Gasteiger partial charge in [-0.3, -0.25) is 0 Å². The smallest absolute Gasteiger partial charge is 0.107 e. The van der Waals surface area contributed by atoms with Crippen LogP contribution in [0.1, 0.15) is 38.5 Å². The van der Waals surface area contributed by atoms with Crippen LogP contribution in [-0.4, -0.2) is 25.8 Å². The van der Waals surface area contributed by atoms with Crippen molar-refractivity contribution >= 4 is 0 Å². The van der Waals surface area contributed by atoms with Gasteiger partial charge in [0.25, 0.3) is 0 Å². The average Bonchev–Trinajstić information content (AvgIpc) is 2.30. The maximum Gasteiger partial charge on any atom is 0.107 e. The van der Waals surface area contributed by atoms with E-state index in [0.717, 1.165) is 0 Å². The van der Waals surface area contributed by atoms with Crippen molar-refractivity contribution in [1.82, 2.24) is 5.32 Å². The Morgan fingerprint density at radius 2 is 1.87 bits per heavy atom. The second-order valence-corrected chi connectivity index (χ2v) is 4.96. The topological polar surface area (TPSA) is 21.3 Å². The number of ether oxygens (including phenoxy) is 1. The summed E-state index contributed by atoms with van der Waals surface area (Å²) in [4.78, 5) is 0. The molecule has 1 N–H and O–H groups in total. The molecular weight excluding hydrogens is 186 g/mol. The fourth-order valence-corrected chi connectivity index (χ4v) is 2.99. The zero-order valence-corrected chi connectivity index (χ0v) is 9.43. The summed E-state index contributed by atoms with van der Waals surface area (Å²) in [5.74, 6) is 2.55. The number of piperidine rings is 1. The molecular formula is C13H21NO. The minimum atomic E-state index is 0.432. The molecule has 0 amide bonds. The largest absolute Gasteiger partial charge is 0.366 e. The van der Waals surface area contributed by atoms with E-state index in [-0.39, 0.29) is 0 Å². The molecule has 84 valence electrons. The number of hydrogen-bond acceptors (Lipinski definition) is 2. The van der Waals surface area contributed by atoms with Crippen LogP contribution in [0.15, 0.2) is 0 Å². The molecule has 0 bridgehead atoms. The van der Waals surface area contributed by atoms with Crippen LogP contribution in [-0.2, 0) is 4.74 Å². The van der Waals surface area contributed by atoms with Crippen molar-refractivity contribution in [3.63, 3.8) is 0 Å². The van der Waals surface area contributed by atoms with Gasteiger partial charge in [0.1, 0.15) is 6.61 Å². The molecule has 1 spiro atoms. The SMILES string of the molecule is C#CCOC1CCC2(CCNCC2)CC1. The quantitative estimate of drug-likeness (QED) is 0.699. The van der Waals surface area contributed by atoms with Crippen LogP contribution in [0.3, 0.4) is 0 Å². The first-order valence-electron chi connectivity index (χ1n) is 6.10. The van der Waals surface area contributed by atoms with Gasteiger partial charge >= 0.3 is 0 Å². The lowest BCUT2D eigenvalue weighted by molar-refractivity contribution is 0.00164. The van der Waals surface area contributed by atoms with E-state index in [1.807, 2.05) is 0 Å². The molecule has 2 nitrogen and oxygen atoms in total. The van der Waals surface area contributed by atoms with Crippen molar-refractivity contribution in [2.24, 2.45) is 5.41 Å². The van der Waals surface area contributed by atoms with Crippen LogP contribution in [0.25, 0.3) is 0 Å². The van der Waals surface area contributed by atoms with Gasteiger partial charge in [-0.05, 0) is 57.0 Å². The molecule has 1 aliphatic heterocycles. The first-order valence-corrected chi connectivity index (χ1v) is 6.10. The summed E-state index contributed by atoms with van der Waals surface area (Å²) in [6, 6.07) is 0. The second kappa shape index (κ2) is 5.01. The third kappa shape index (κ3) is 2.74. The highest BCUT2D eigenvalue weighted by molar-refractivity contribution is 4.90. The van der Waals surface area contributed by atoms with Gasteiger partial charge in [-0.15, -0.1) is 6.42 Å². The van der Waals surface area contributed by atoms with E-state index in [1.54, 1.807) is 0 Å². The summed E-state index contributed by atoms with van der Waals surface area (Å²) >= 11 is 0. The minimum absolute atomic E-state index is 0.432. The molecule has 2 heteroatoms. The highest BCUT2D eigenvalue weighted by Crippen LogP contribution is 2.43. The normalized spacial score (nSPS) is 26.3. The van der Waals surface area contributed by atoms with Crippen LogP contribution in [0, 0.1) is 17.8 Å². The van der Waals surface area contributed by atoms with Gasteiger partial charge in [-0.25, -0.2) is 0 Å². The summed E-state index contributed by atoms with van der Waals surface area (Å²) in [5.41, 5.74) is 0.640. The van der Waals surface area contributed by atoms with Crippen molar-refractivity contribution < 1.29 is 4.74 Å². The molecule has 0 radical (unpaired) electrons. The van der Waals surface area contributed by atoms with Crippen molar-refractivity contribution in [3.05, 3.63) is 0 Å². The number of hydrogen-bond donors (Lipinski definition) is 1. The third-order valence-electron chi connectivity index (χ3n) is 4.06. The Bertz CT molecular complexity index is 227. The van der Waals surface area contributed by atoms with E-state index >= 15 is 0 Å². The number of terminal acetylenes is 1. The van der Waals surface area contributed by atoms with E-state index in [1.165, 1.54) is 51.6 Å². The highest BCUT2D eigenvalue weighted by Gasteiger charge is 2.36. The van der Waals surface area contributed by atoms with Gasteiger partial charge in [-0.1, -0.05) is 5.92 Å². The van der Waals surface area contributed by atoms with Crippen LogP contribution < -0.4 is 5.32 Å². The fourth-order valence-electron chi connectivity index (χ4n) is 2.99. The first kappa shape index (κ1) is 11.0. The summed E-state index contributed by atoms with van der Waals surface area (Å²) in [6.45, 7) is 2.89. The molecule has 0 atom stereocenters. The molecule has 0 aromatic carbocycles. The van der Waals surface area contributed by atoms with Crippen molar-refractivity contribution in [2.45, 2.75) is 44.6 Å². The Labute approximate surface area is 92.8 Å². The molecule has 2 rings (SSSR count). The zero-order chi connectivity index (χ0) is 10.6. The predicted molar refractivity (Wildman–Crippen MR) is 61.6 cm³/mol. The lowest BCUT2D eigenvalue weighted by atomic mass is 9.68. The lowest BCUT2D eigenvalue weighted by Crippen LogP contribution is -2.40. The van der Waals surface area contributed by atoms with Crippen molar-refractivity contribution in [1.29, 1.82) is 0 Å². The zero-order valence-electron chi connectivity index (χ0n) is 9.43. The fraction of sp³-hybridized carbons (Fsp3) is 0.846. The number of nitrogens with one attached hydrogen (secondary N) is 1. The highest BCUT2D eigenvalue weighted by atomic mass is 16.5. The molecule has 2 fully saturated rings. The third-order valence-corrected chi connectivity index (χ3v) is 4.06. The Kier molecular flexibility index (Phi) is 3.66. The summed E-state index contributed by atoms with van der Waals surface area (Å²) < 4.78 is 5.61. The molecule has 2 aliphatic rings. The van der Waals surface area contributed by atoms with E-state index in [2.05, 4.69) is 11.2 Å². The molecule has 0 aromatic rings. The Balaban J connectivity index is 1.78. The van der Waals surface area contributed by atoms with Gasteiger partial charge in [0.2, 0.25) is 0 Å². The van der Waals surface area contributed by atoms with Crippen LogP contribution in [0.5, 0.6) is 0 Å². The van der Waals surface area contributed by atoms with Gasteiger partial charge < -0.3 is 10.1 Å². The molecule has 0 aromatic heterocycles. The first-order chi connectivity index (χ1) is 7.35. The number of rotatable bonds is 2. The lowest BCUT2D eigenvalue weighted by Gasteiger charge is -2.42. The summed E-state index contributed by atoms with van der Waals surface area (Å²) in [7, 11) is 0. The minimum Gasteiger partial charge on any atom is -0.366 e. The van der Waals surface area contributed by atoms with Gasteiger partial charge in [0, 0.05) is 0 Å².